The van der Waals surface area contributed by atoms with Gasteiger partial charge in [-0.1, -0.05) is 32.9 Å². The summed E-state index contributed by atoms with van der Waals surface area (Å²) in [6.45, 7) is 12.6. The Morgan fingerprint density at radius 3 is 2.27 bits per heavy atom. The van der Waals surface area contributed by atoms with Crippen LogP contribution in [0.15, 0.2) is 40.6 Å². The molecule has 1 fully saturated rings. The first-order valence-corrected chi connectivity index (χ1v) is 11.3. The molecular formula is C23H32N6O3S. The minimum Gasteiger partial charge on any atom is -0.480 e. The molecule has 2 heterocycles. The Morgan fingerprint density at radius 1 is 1.12 bits per heavy atom. The summed E-state index contributed by atoms with van der Waals surface area (Å²) in [4.78, 5) is 27.8. The number of thiocarbonyl (C=S) groups is 1. The maximum absolute atomic E-state index is 13.1. The first kappa shape index (κ1) is 24.7. The van der Waals surface area contributed by atoms with E-state index >= 15 is 0 Å². The summed E-state index contributed by atoms with van der Waals surface area (Å²) < 4.78 is 0. The number of aliphatic carboxylic acids is 1. The summed E-state index contributed by atoms with van der Waals surface area (Å²) in [5.41, 5.74) is 9.72. The van der Waals surface area contributed by atoms with Crippen LogP contribution >= 0.6 is 12.2 Å². The molecule has 2 aliphatic rings. The molecule has 0 atom stereocenters. The third-order valence-corrected chi connectivity index (χ3v) is 6.11. The third-order valence-electron chi connectivity index (χ3n) is 5.75. The van der Waals surface area contributed by atoms with E-state index in [2.05, 4.69) is 36.7 Å². The number of piperazine rings is 1. The Kier molecular flexibility index (Phi) is 7.38. The second-order valence-corrected chi connectivity index (χ2v) is 9.70. The normalized spacial score (nSPS) is 18.8. The van der Waals surface area contributed by atoms with E-state index in [1.807, 2.05) is 41.0 Å². The lowest BCUT2D eigenvalue weighted by molar-refractivity contribution is -0.138. The number of carbonyl (C=O) groups excluding carboxylic acids is 1. The van der Waals surface area contributed by atoms with E-state index in [0.29, 0.717) is 48.3 Å². The first-order chi connectivity index (χ1) is 15.5. The molecule has 1 saturated heterocycles. The summed E-state index contributed by atoms with van der Waals surface area (Å²) in [6.07, 6.45) is 0. The summed E-state index contributed by atoms with van der Waals surface area (Å²) in [6, 6.07) is 7.88. The zero-order chi connectivity index (χ0) is 24.3. The van der Waals surface area contributed by atoms with E-state index in [9.17, 15) is 9.59 Å². The highest BCUT2D eigenvalue weighted by Gasteiger charge is 2.31. The number of hydrogen-bond donors (Lipinski definition) is 3. The van der Waals surface area contributed by atoms with Crippen molar-refractivity contribution in [1.29, 1.82) is 0 Å². The topological polar surface area (TPSA) is 101 Å². The largest absolute Gasteiger partial charge is 0.480 e. The van der Waals surface area contributed by atoms with Crippen molar-refractivity contribution in [1.82, 2.24) is 20.7 Å². The highest BCUT2D eigenvalue weighted by atomic mass is 32.1. The average Bonchev–Trinajstić information content (AvgIpc) is 3.05. The van der Waals surface area contributed by atoms with Crippen LogP contribution in [0.25, 0.3) is 0 Å². The predicted molar refractivity (Wildman–Crippen MR) is 133 cm³/mol. The molecule has 178 valence electrons. The molecule has 10 heteroatoms. The van der Waals surface area contributed by atoms with Gasteiger partial charge in [-0.05, 0) is 49.2 Å². The van der Waals surface area contributed by atoms with Gasteiger partial charge in [0.15, 0.2) is 5.11 Å². The van der Waals surface area contributed by atoms with Crippen LogP contribution in [-0.2, 0) is 15.0 Å². The molecular weight excluding hydrogens is 440 g/mol. The van der Waals surface area contributed by atoms with Gasteiger partial charge in [-0.25, -0.2) is 0 Å². The monoisotopic (exact) mass is 472 g/mol. The van der Waals surface area contributed by atoms with Gasteiger partial charge in [0, 0.05) is 31.9 Å². The fraction of sp³-hybridized carbons (Fsp3) is 0.478. The Bertz CT molecular complexity index is 988. The molecule has 0 spiro atoms. The van der Waals surface area contributed by atoms with Crippen molar-refractivity contribution in [2.75, 3.05) is 37.7 Å². The van der Waals surface area contributed by atoms with Crippen LogP contribution in [-0.4, -0.2) is 70.3 Å². The molecule has 2 aliphatic heterocycles. The van der Waals surface area contributed by atoms with Gasteiger partial charge in [0.05, 0.1) is 23.5 Å². The molecule has 1 aromatic carbocycles. The van der Waals surface area contributed by atoms with Crippen molar-refractivity contribution in [3.63, 3.8) is 0 Å². The second kappa shape index (κ2) is 9.88. The van der Waals surface area contributed by atoms with Crippen LogP contribution in [0.3, 0.4) is 0 Å². The number of rotatable bonds is 5. The predicted octanol–water partition coefficient (Wildman–Crippen LogP) is 2.06. The van der Waals surface area contributed by atoms with Gasteiger partial charge in [-0.15, -0.1) is 0 Å². The number of benzene rings is 1. The minimum atomic E-state index is -0.828. The molecule has 33 heavy (non-hydrogen) atoms. The maximum atomic E-state index is 13.1. The first-order valence-electron chi connectivity index (χ1n) is 10.9. The Labute approximate surface area is 200 Å². The van der Waals surface area contributed by atoms with Crippen LogP contribution in [0.1, 0.15) is 40.2 Å². The van der Waals surface area contributed by atoms with Gasteiger partial charge in [0.2, 0.25) is 0 Å². The molecule has 0 radical (unpaired) electrons. The van der Waals surface area contributed by atoms with E-state index in [1.165, 1.54) is 10.6 Å². The van der Waals surface area contributed by atoms with Gasteiger partial charge >= 0.3 is 5.97 Å². The Morgan fingerprint density at radius 2 is 1.73 bits per heavy atom. The lowest BCUT2D eigenvalue weighted by atomic mass is 9.87. The fourth-order valence-corrected chi connectivity index (χ4v) is 4.04. The standard InChI is InChI=1S/C23H32N6O3S/c1-15(24-25-22(33)28-12-10-27(11-13-28)14-19(30)31)20-16(2)26-29(21(20)32)18-8-6-17(7-9-18)23(3,4)5/h6-9,24H,10-14H2,1-5H3,(H,25,33)(H,30,31). The number of allylic oxidation sites excluding steroid dienone is 1. The van der Waals surface area contributed by atoms with Crippen molar-refractivity contribution in [3.05, 3.63) is 41.1 Å². The molecule has 0 bridgehead atoms. The van der Waals surface area contributed by atoms with Crippen LogP contribution in [0.4, 0.5) is 5.69 Å². The number of carbonyl (C=O) groups is 2. The van der Waals surface area contributed by atoms with Gasteiger partial charge in [0.25, 0.3) is 5.91 Å². The molecule has 9 nitrogen and oxygen atoms in total. The number of hydrogen-bond acceptors (Lipinski definition) is 6. The SMILES string of the molecule is CC1=NN(c2ccc(C(C)(C)C)cc2)C(=O)C1=C(C)NNC(=S)N1CCN(CC(=O)O)CC1. The van der Waals surface area contributed by atoms with Gasteiger partial charge < -0.3 is 15.4 Å². The van der Waals surface area contributed by atoms with Crippen molar-refractivity contribution >= 4 is 40.6 Å². The van der Waals surface area contributed by atoms with Crippen molar-refractivity contribution in [3.8, 4) is 0 Å². The highest BCUT2D eigenvalue weighted by Crippen LogP contribution is 2.28. The zero-order valence-electron chi connectivity index (χ0n) is 19.8. The molecule has 0 aliphatic carbocycles. The molecule has 3 N–H and O–H groups in total. The lowest BCUT2D eigenvalue weighted by Crippen LogP contribution is -2.54. The number of hydrazine groups is 1. The van der Waals surface area contributed by atoms with Gasteiger partial charge in [-0.2, -0.15) is 10.1 Å². The maximum Gasteiger partial charge on any atom is 0.317 e. The third kappa shape index (κ3) is 5.88. The molecule has 0 saturated carbocycles. The lowest BCUT2D eigenvalue weighted by Gasteiger charge is -2.35. The van der Waals surface area contributed by atoms with Crippen LogP contribution in [0, 0.1) is 0 Å². The minimum absolute atomic E-state index is 0.0330. The molecule has 1 aromatic rings. The number of nitrogens with zero attached hydrogens (tertiary/aromatic N) is 4. The molecule has 3 rings (SSSR count). The van der Waals surface area contributed by atoms with Crippen LogP contribution in [0.2, 0.25) is 0 Å². The van der Waals surface area contributed by atoms with E-state index < -0.39 is 5.97 Å². The van der Waals surface area contributed by atoms with E-state index in [-0.39, 0.29) is 17.9 Å². The zero-order valence-corrected chi connectivity index (χ0v) is 20.6. The average molecular weight is 473 g/mol. The number of anilines is 1. The smallest absolute Gasteiger partial charge is 0.317 e. The second-order valence-electron chi connectivity index (χ2n) is 9.31. The van der Waals surface area contributed by atoms with Gasteiger partial charge in [-0.3, -0.25) is 19.9 Å². The number of hydrazone groups is 1. The Balaban J connectivity index is 1.61. The van der Waals surface area contributed by atoms with Crippen LogP contribution < -0.4 is 15.9 Å². The fourth-order valence-electron chi connectivity index (χ4n) is 3.80. The number of amides is 1. The van der Waals surface area contributed by atoms with Crippen LogP contribution in [0.5, 0.6) is 0 Å². The summed E-state index contributed by atoms with van der Waals surface area (Å²) in [5.74, 6) is -1.03. The van der Waals surface area contributed by atoms with E-state index in [4.69, 9.17) is 17.3 Å². The number of carboxylic acid groups (broad SMARTS) is 1. The van der Waals surface area contributed by atoms with Crippen molar-refractivity contribution in [2.45, 2.75) is 40.0 Å². The van der Waals surface area contributed by atoms with E-state index in [0.717, 1.165) is 5.69 Å². The highest BCUT2D eigenvalue weighted by molar-refractivity contribution is 7.80. The molecule has 1 amide bonds. The summed E-state index contributed by atoms with van der Waals surface area (Å²) in [7, 11) is 0. The summed E-state index contributed by atoms with van der Waals surface area (Å²) >= 11 is 5.46. The molecule has 0 aromatic heterocycles. The number of carboxylic acids is 1. The van der Waals surface area contributed by atoms with Crippen molar-refractivity contribution < 1.29 is 14.7 Å². The summed E-state index contributed by atoms with van der Waals surface area (Å²) in [5, 5.41) is 15.3. The van der Waals surface area contributed by atoms with Crippen molar-refractivity contribution in [2.24, 2.45) is 5.10 Å². The Hall–Kier alpha value is -2.98. The molecule has 0 unspecified atom stereocenters. The quantitative estimate of drug-likeness (QED) is 0.340. The van der Waals surface area contributed by atoms with Gasteiger partial charge in [0.1, 0.15) is 0 Å². The van der Waals surface area contributed by atoms with E-state index in [1.54, 1.807) is 6.92 Å². The number of nitrogens with one attached hydrogen (secondary N) is 2.